The molecule has 0 saturated carbocycles. The molecule has 5 rings (SSSR count). The Labute approximate surface area is 256 Å². The van der Waals surface area contributed by atoms with Crippen molar-refractivity contribution >= 4 is 18.0 Å². The highest BCUT2D eigenvalue weighted by Crippen LogP contribution is 2.08. The molecule has 0 aliphatic carbocycles. The molecule has 0 aromatic heterocycles. The molecule has 0 bridgehead atoms. The van der Waals surface area contributed by atoms with Crippen molar-refractivity contribution in [2.45, 2.75) is 62.8 Å². The Morgan fingerprint density at radius 3 is 1.70 bits per heavy atom. The van der Waals surface area contributed by atoms with E-state index in [1.54, 1.807) is 0 Å². The molecule has 3 saturated heterocycles. The molecule has 0 radical (unpaired) electrons. The Bertz CT molecular complexity index is 1120. The van der Waals surface area contributed by atoms with Crippen LogP contribution < -0.4 is 16.4 Å². The van der Waals surface area contributed by atoms with Crippen LogP contribution in [0.1, 0.15) is 30.4 Å². The van der Waals surface area contributed by atoms with Gasteiger partial charge in [0.1, 0.15) is 19.8 Å². The fourth-order valence-electron chi connectivity index (χ4n) is 4.42. The maximum Gasteiger partial charge on any atom is 0.407 e. The predicted molar refractivity (Wildman–Crippen MR) is 158 cm³/mol. The maximum atomic E-state index is 11.5. The zero-order valence-electron chi connectivity index (χ0n) is 24.7. The Morgan fingerprint density at radius 1 is 0.727 bits per heavy atom. The van der Waals surface area contributed by atoms with Gasteiger partial charge in [0.05, 0.1) is 57.3 Å². The number of hydrogen-bond donors (Lipinski definition) is 5. The highest BCUT2D eigenvalue weighted by atomic mass is 16.6. The summed E-state index contributed by atoms with van der Waals surface area (Å²) < 4.78 is 25.2. The maximum absolute atomic E-state index is 11.5. The number of ether oxygens (including phenoxy) is 5. The normalized spacial score (nSPS) is 24.7. The topological polar surface area (TPSA) is 188 Å². The standard InChI is InChI=1S/C13H17NO4.C13H15NO4.C5H11NO2/c2*15-12-6-11(8-17-9-12)14-13(16)18-7-10-4-2-1-3-5-10;6-4-1-5(7)3-8-2-4/h1-5,11-12,15H,6-9H2,(H,14,16);1-5,11H,6-9H2,(H,14,16);4-5,7H,1-3,6H2/t11-,12+;;4-,5+/m1.1/s1. The highest BCUT2D eigenvalue weighted by Gasteiger charge is 2.23. The van der Waals surface area contributed by atoms with E-state index < -0.39 is 18.3 Å². The third-order valence-corrected chi connectivity index (χ3v) is 6.53. The molecule has 3 aliphatic rings. The van der Waals surface area contributed by atoms with Gasteiger partial charge in [-0.25, -0.2) is 9.59 Å². The molecule has 2 aromatic carbocycles. The molecular formula is C31H43N3O10. The molecule has 5 atom stereocenters. The van der Waals surface area contributed by atoms with E-state index in [1.807, 2.05) is 60.7 Å². The summed E-state index contributed by atoms with van der Waals surface area (Å²) in [6.07, 6.45) is -0.374. The average molecular weight is 618 g/mol. The van der Waals surface area contributed by atoms with Crippen molar-refractivity contribution in [2.24, 2.45) is 5.73 Å². The molecule has 3 heterocycles. The lowest BCUT2D eigenvalue weighted by Crippen LogP contribution is -2.45. The molecular weight excluding hydrogens is 574 g/mol. The summed E-state index contributed by atoms with van der Waals surface area (Å²) in [6, 6.07) is 18.4. The third kappa shape index (κ3) is 14.7. The molecule has 0 spiro atoms. The first-order valence-electron chi connectivity index (χ1n) is 14.6. The van der Waals surface area contributed by atoms with E-state index in [-0.39, 0.29) is 49.8 Å². The van der Waals surface area contributed by atoms with Gasteiger partial charge in [0.2, 0.25) is 0 Å². The van der Waals surface area contributed by atoms with E-state index in [4.69, 9.17) is 34.5 Å². The smallest absolute Gasteiger partial charge is 0.407 e. The first-order valence-corrected chi connectivity index (χ1v) is 14.6. The van der Waals surface area contributed by atoms with Gasteiger partial charge >= 0.3 is 12.2 Å². The van der Waals surface area contributed by atoms with Crippen LogP contribution >= 0.6 is 0 Å². The van der Waals surface area contributed by atoms with Crippen LogP contribution in [0.5, 0.6) is 0 Å². The Morgan fingerprint density at radius 2 is 1.23 bits per heavy atom. The monoisotopic (exact) mass is 617 g/mol. The summed E-state index contributed by atoms with van der Waals surface area (Å²) in [7, 11) is 0. The van der Waals surface area contributed by atoms with Crippen molar-refractivity contribution in [3.63, 3.8) is 0 Å². The van der Waals surface area contributed by atoms with Gasteiger partial charge in [-0.15, -0.1) is 0 Å². The second-order valence-corrected chi connectivity index (χ2v) is 10.7. The number of aliphatic hydroxyl groups excluding tert-OH is 2. The predicted octanol–water partition coefficient (Wildman–Crippen LogP) is 1.43. The summed E-state index contributed by atoms with van der Waals surface area (Å²) in [5.41, 5.74) is 7.30. The van der Waals surface area contributed by atoms with Gasteiger partial charge in [0.15, 0.2) is 5.78 Å². The van der Waals surface area contributed by atoms with Crippen LogP contribution in [0.3, 0.4) is 0 Å². The highest BCUT2D eigenvalue weighted by molar-refractivity contribution is 5.81. The van der Waals surface area contributed by atoms with Gasteiger partial charge in [-0.1, -0.05) is 60.7 Å². The number of alkyl carbamates (subject to hydrolysis) is 2. The fraction of sp³-hybridized carbons (Fsp3) is 0.516. The Balaban J connectivity index is 0.000000194. The number of hydrogen-bond acceptors (Lipinski definition) is 11. The summed E-state index contributed by atoms with van der Waals surface area (Å²) in [6.45, 7) is 2.74. The van der Waals surface area contributed by atoms with Gasteiger partial charge in [-0.05, 0) is 24.0 Å². The van der Waals surface area contributed by atoms with Crippen LogP contribution in [-0.4, -0.2) is 98.2 Å². The van der Waals surface area contributed by atoms with Crippen LogP contribution in [-0.2, 0) is 41.7 Å². The number of nitrogens with one attached hydrogen (secondary N) is 2. The number of benzene rings is 2. The summed E-state index contributed by atoms with van der Waals surface area (Å²) in [4.78, 5) is 34.1. The molecule has 242 valence electrons. The summed E-state index contributed by atoms with van der Waals surface area (Å²) in [5.74, 6) is -0.00499. The lowest BCUT2D eigenvalue weighted by molar-refractivity contribution is -0.128. The van der Waals surface area contributed by atoms with Crippen molar-refractivity contribution in [1.82, 2.24) is 10.6 Å². The van der Waals surface area contributed by atoms with Crippen molar-refractivity contribution in [1.29, 1.82) is 0 Å². The molecule has 13 heteroatoms. The lowest BCUT2D eigenvalue weighted by Gasteiger charge is -2.26. The molecule has 2 amide bonds. The molecule has 44 heavy (non-hydrogen) atoms. The first kappa shape index (κ1) is 34.9. The molecule has 2 aromatic rings. The number of carbonyl (C=O) groups excluding carboxylic acids is 3. The quantitative estimate of drug-likeness (QED) is 0.315. The number of Topliss-reactive ketones (excluding diaryl/α,β-unsaturated/α-hetero) is 1. The van der Waals surface area contributed by atoms with E-state index >= 15 is 0 Å². The van der Waals surface area contributed by atoms with Gasteiger partial charge in [-0.3, -0.25) is 4.79 Å². The van der Waals surface area contributed by atoms with E-state index in [0.717, 1.165) is 11.1 Å². The largest absolute Gasteiger partial charge is 0.445 e. The van der Waals surface area contributed by atoms with Crippen molar-refractivity contribution in [3.8, 4) is 0 Å². The number of aliphatic hydroxyl groups is 2. The van der Waals surface area contributed by atoms with Gasteiger partial charge in [0, 0.05) is 12.5 Å². The minimum atomic E-state index is -0.526. The fourth-order valence-corrected chi connectivity index (χ4v) is 4.42. The molecule has 6 N–H and O–H groups in total. The number of carbonyl (C=O) groups is 3. The number of nitrogens with two attached hydrogens (primary N) is 1. The zero-order chi connectivity index (χ0) is 31.6. The van der Waals surface area contributed by atoms with Crippen molar-refractivity contribution in [3.05, 3.63) is 71.8 Å². The van der Waals surface area contributed by atoms with Crippen LogP contribution in [0.15, 0.2) is 60.7 Å². The van der Waals surface area contributed by atoms with Gasteiger partial charge < -0.3 is 50.3 Å². The molecule has 3 aliphatic heterocycles. The minimum Gasteiger partial charge on any atom is -0.445 e. The number of amides is 2. The lowest BCUT2D eigenvalue weighted by atomic mass is 10.1. The number of ketones is 1. The third-order valence-electron chi connectivity index (χ3n) is 6.53. The SMILES string of the molecule is N[C@H]1COC[C@@H](O)C1.O=C(N[C@H]1COC[C@@H](O)C1)OCc1ccccc1.O=C1COCC(NC(=O)OCc2ccccc2)C1. The van der Waals surface area contributed by atoms with Crippen LogP contribution in [0.25, 0.3) is 0 Å². The number of rotatable bonds is 6. The second-order valence-electron chi connectivity index (χ2n) is 10.7. The van der Waals surface area contributed by atoms with Gasteiger partial charge in [-0.2, -0.15) is 0 Å². The summed E-state index contributed by atoms with van der Waals surface area (Å²) >= 11 is 0. The summed E-state index contributed by atoms with van der Waals surface area (Å²) in [5, 5.41) is 23.5. The second kappa shape index (κ2) is 19.6. The molecule has 3 fully saturated rings. The molecule has 1 unspecified atom stereocenters. The van der Waals surface area contributed by atoms with Crippen LogP contribution in [0.2, 0.25) is 0 Å². The van der Waals surface area contributed by atoms with Crippen LogP contribution in [0.4, 0.5) is 9.59 Å². The van der Waals surface area contributed by atoms with Crippen LogP contribution in [0, 0.1) is 0 Å². The Hall–Kier alpha value is -3.59. The molecule has 13 nitrogen and oxygen atoms in total. The van der Waals surface area contributed by atoms with E-state index in [2.05, 4.69) is 10.6 Å². The van der Waals surface area contributed by atoms with E-state index in [1.165, 1.54) is 0 Å². The zero-order valence-corrected chi connectivity index (χ0v) is 24.7. The van der Waals surface area contributed by atoms with Crippen molar-refractivity contribution in [2.75, 3.05) is 39.6 Å². The van der Waals surface area contributed by atoms with Crippen molar-refractivity contribution < 1.29 is 48.3 Å². The van der Waals surface area contributed by atoms with E-state index in [9.17, 15) is 19.5 Å². The minimum absolute atomic E-state index is 0.00499. The van der Waals surface area contributed by atoms with Gasteiger partial charge in [0.25, 0.3) is 0 Å². The van der Waals surface area contributed by atoms with E-state index in [0.29, 0.717) is 52.3 Å². The Kier molecular flexibility index (Phi) is 15.6. The first-order chi connectivity index (χ1) is 21.3. The average Bonchev–Trinajstić information content (AvgIpc) is 3.01.